The highest BCUT2D eigenvalue weighted by Crippen LogP contribution is 2.22. The van der Waals surface area contributed by atoms with E-state index in [-0.39, 0.29) is 0 Å². The molecule has 5 rings (SSSR count). The molecule has 0 aliphatic carbocycles. The number of hydrazone groups is 1. The molecule has 0 spiro atoms. The molecule has 0 bridgehead atoms. The molecule has 2 N–H and O–H groups in total. The maximum atomic E-state index is 6.03. The van der Waals surface area contributed by atoms with Crippen LogP contribution in [0.15, 0.2) is 84.0 Å². The van der Waals surface area contributed by atoms with Crippen molar-refractivity contribution in [2.45, 2.75) is 25.9 Å². The second-order valence-electron chi connectivity index (χ2n) is 8.64. The van der Waals surface area contributed by atoms with E-state index in [4.69, 9.17) is 16.3 Å². The van der Waals surface area contributed by atoms with Crippen LogP contribution in [0.1, 0.15) is 30.4 Å². The molecule has 0 atom stereocenters. The summed E-state index contributed by atoms with van der Waals surface area (Å²) in [5.74, 6) is 2.19. The highest BCUT2D eigenvalue weighted by molar-refractivity contribution is 6.30. The summed E-state index contributed by atoms with van der Waals surface area (Å²) in [6.45, 7) is 2.28. The van der Waals surface area contributed by atoms with E-state index >= 15 is 0 Å². The Morgan fingerprint density at radius 2 is 1.57 bits per heavy atom. The third kappa shape index (κ3) is 6.95. The molecule has 8 nitrogen and oxygen atoms in total. The Hall–Kier alpha value is -4.17. The smallest absolute Gasteiger partial charge is 0.250 e. The maximum absolute atomic E-state index is 6.03. The molecular weight excluding hydrogens is 486 g/mol. The van der Waals surface area contributed by atoms with Crippen molar-refractivity contribution in [3.63, 3.8) is 0 Å². The zero-order chi connectivity index (χ0) is 25.3. The number of para-hydroxylation sites is 2. The van der Waals surface area contributed by atoms with E-state index in [2.05, 4.69) is 35.7 Å². The van der Waals surface area contributed by atoms with E-state index in [0.717, 1.165) is 48.5 Å². The summed E-state index contributed by atoms with van der Waals surface area (Å²) in [6.07, 6.45) is 5.18. The van der Waals surface area contributed by atoms with Gasteiger partial charge in [-0.3, -0.25) is 0 Å². The average molecular weight is 514 g/mol. The van der Waals surface area contributed by atoms with Crippen molar-refractivity contribution < 1.29 is 4.74 Å². The zero-order valence-electron chi connectivity index (χ0n) is 20.3. The van der Waals surface area contributed by atoms with Gasteiger partial charge in [0.15, 0.2) is 0 Å². The van der Waals surface area contributed by atoms with Crippen LogP contribution in [0.5, 0.6) is 5.75 Å². The van der Waals surface area contributed by atoms with Gasteiger partial charge in [-0.05, 0) is 61.2 Å². The summed E-state index contributed by atoms with van der Waals surface area (Å²) in [5, 5.41) is 8.37. The van der Waals surface area contributed by atoms with Crippen LogP contribution in [0.3, 0.4) is 0 Å². The standard InChI is InChI=1S/C28H28ClN7O/c29-23-15-13-21(14-16-23)20-37-25-12-6-5-9-22(25)19-30-35-27-32-26(31-24-10-3-1-4-11-24)33-28(34-27)36-17-7-2-8-18-36/h1,3-6,9-16,19H,2,7-8,17-18,20H2,(H2,31,32,33,34,35)/b30-19-. The van der Waals surface area contributed by atoms with Gasteiger partial charge in [0.25, 0.3) is 0 Å². The fourth-order valence-electron chi connectivity index (χ4n) is 3.98. The SMILES string of the molecule is Clc1ccc(COc2ccccc2/C=N\Nc2nc(Nc3ccccc3)nc(N3CCCCC3)n2)cc1. The van der Waals surface area contributed by atoms with Gasteiger partial charge in [0, 0.05) is 29.4 Å². The van der Waals surface area contributed by atoms with Crippen LogP contribution < -0.4 is 20.4 Å². The molecule has 4 aromatic rings. The monoisotopic (exact) mass is 513 g/mol. The Kier molecular flexibility index (Phi) is 8.07. The van der Waals surface area contributed by atoms with Crippen molar-refractivity contribution in [3.05, 3.63) is 95.0 Å². The van der Waals surface area contributed by atoms with E-state index in [0.29, 0.717) is 29.5 Å². The van der Waals surface area contributed by atoms with E-state index in [1.165, 1.54) is 6.42 Å². The largest absolute Gasteiger partial charge is 0.488 e. The molecule has 188 valence electrons. The quantitative estimate of drug-likeness (QED) is 0.201. The van der Waals surface area contributed by atoms with E-state index in [1.807, 2.05) is 78.9 Å². The number of benzene rings is 3. The molecule has 1 saturated heterocycles. The summed E-state index contributed by atoms with van der Waals surface area (Å²) in [5.41, 5.74) is 5.74. The van der Waals surface area contributed by atoms with Crippen LogP contribution in [-0.4, -0.2) is 34.3 Å². The summed E-state index contributed by atoms with van der Waals surface area (Å²) in [6, 6.07) is 25.2. The molecule has 0 amide bonds. The predicted molar refractivity (Wildman–Crippen MR) is 149 cm³/mol. The van der Waals surface area contributed by atoms with Gasteiger partial charge in [-0.25, -0.2) is 5.43 Å². The first-order valence-corrected chi connectivity index (χ1v) is 12.7. The first-order chi connectivity index (χ1) is 18.2. The number of piperidine rings is 1. The minimum atomic E-state index is 0.366. The third-order valence-corrected chi connectivity index (χ3v) is 6.14. The Labute approximate surface area is 221 Å². The highest BCUT2D eigenvalue weighted by Gasteiger charge is 2.16. The van der Waals surface area contributed by atoms with Crippen molar-refractivity contribution in [2.75, 3.05) is 28.7 Å². The predicted octanol–water partition coefficient (Wildman–Crippen LogP) is 6.28. The van der Waals surface area contributed by atoms with Crippen molar-refractivity contribution in [3.8, 4) is 5.75 Å². The second-order valence-corrected chi connectivity index (χ2v) is 9.08. The molecule has 0 saturated carbocycles. The van der Waals surface area contributed by atoms with E-state index in [9.17, 15) is 0 Å². The number of rotatable bonds is 9. The lowest BCUT2D eigenvalue weighted by atomic mass is 10.1. The van der Waals surface area contributed by atoms with E-state index in [1.54, 1.807) is 6.21 Å². The Bertz CT molecular complexity index is 1330. The molecule has 1 aliphatic rings. The normalized spacial score (nSPS) is 13.5. The number of hydrogen-bond acceptors (Lipinski definition) is 8. The van der Waals surface area contributed by atoms with Gasteiger partial charge in [0.05, 0.1) is 6.21 Å². The van der Waals surface area contributed by atoms with Crippen molar-refractivity contribution in [1.82, 2.24) is 15.0 Å². The van der Waals surface area contributed by atoms with Gasteiger partial charge in [-0.1, -0.05) is 54.1 Å². The number of nitrogens with zero attached hydrogens (tertiary/aromatic N) is 5. The van der Waals surface area contributed by atoms with Crippen molar-refractivity contribution in [1.29, 1.82) is 0 Å². The van der Waals surface area contributed by atoms with Gasteiger partial charge in [0.1, 0.15) is 12.4 Å². The molecule has 3 aromatic carbocycles. The van der Waals surface area contributed by atoms with Crippen LogP contribution in [0.4, 0.5) is 23.5 Å². The highest BCUT2D eigenvalue weighted by atomic mass is 35.5. The van der Waals surface area contributed by atoms with E-state index < -0.39 is 0 Å². The van der Waals surface area contributed by atoms with Gasteiger partial charge < -0.3 is 15.0 Å². The lowest BCUT2D eigenvalue weighted by Crippen LogP contribution is -2.31. The Balaban J connectivity index is 1.31. The molecule has 1 aliphatic heterocycles. The lowest BCUT2D eigenvalue weighted by Gasteiger charge is -2.26. The first-order valence-electron chi connectivity index (χ1n) is 12.3. The van der Waals surface area contributed by atoms with Crippen molar-refractivity contribution in [2.24, 2.45) is 5.10 Å². The van der Waals surface area contributed by atoms with Crippen LogP contribution >= 0.6 is 11.6 Å². The molecule has 1 aromatic heterocycles. The number of aromatic nitrogens is 3. The molecule has 1 fully saturated rings. The number of anilines is 4. The average Bonchev–Trinajstić information content (AvgIpc) is 2.94. The molecule has 9 heteroatoms. The fourth-order valence-corrected chi connectivity index (χ4v) is 4.10. The molecule has 0 unspecified atom stereocenters. The topological polar surface area (TPSA) is 87.6 Å². The number of ether oxygens (including phenoxy) is 1. The molecular formula is C28H28ClN7O. The van der Waals surface area contributed by atoms with Crippen LogP contribution in [-0.2, 0) is 6.61 Å². The summed E-state index contributed by atoms with van der Waals surface area (Å²) < 4.78 is 6.03. The van der Waals surface area contributed by atoms with Gasteiger partial charge in [0.2, 0.25) is 17.8 Å². The fraction of sp³-hybridized carbons (Fsp3) is 0.214. The third-order valence-electron chi connectivity index (χ3n) is 5.89. The minimum Gasteiger partial charge on any atom is -0.488 e. The first kappa shape index (κ1) is 24.5. The van der Waals surface area contributed by atoms with Gasteiger partial charge in [-0.2, -0.15) is 20.1 Å². The van der Waals surface area contributed by atoms with Crippen LogP contribution in [0.2, 0.25) is 5.02 Å². The molecule has 37 heavy (non-hydrogen) atoms. The minimum absolute atomic E-state index is 0.366. The van der Waals surface area contributed by atoms with Gasteiger partial charge >= 0.3 is 0 Å². The number of hydrogen-bond donors (Lipinski definition) is 2. The van der Waals surface area contributed by atoms with Crippen LogP contribution in [0, 0.1) is 0 Å². The summed E-state index contributed by atoms with van der Waals surface area (Å²) in [7, 11) is 0. The lowest BCUT2D eigenvalue weighted by molar-refractivity contribution is 0.306. The maximum Gasteiger partial charge on any atom is 0.250 e. The summed E-state index contributed by atoms with van der Waals surface area (Å²) >= 11 is 5.98. The van der Waals surface area contributed by atoms with Crippen LogP contribution in [0.25, 0.3) is 0 Å². The Morgan fingerprint density at radius 1 is 0.838 bits per heavy atom. The zero-order valence-corrected chi connectivity index (χ0v) is 21.1. The van der Waals surface area contributed by atoms with Crippen molar-refractivity contribution >= 4 is 41.3 Å². The molecule has 0 radical (unpaired) electrons. The Morgan fingerprint density at radius 3 is 2.38 bits per heavy atom. The van der Waals surface area contributed by atoms with Gasteiger partial charge in [-0.15, -0.1) is 0 Å². The second kappa shape index (κ2) is 12.2. The number of halogens is 1. The summed E-state index contributed by atoms with van der Waals surface area (Å²) in [4.78, 5) is 16.0. The molecule has 2 heterocycles. The number of nitrogens with one attached hydrogen (secondary N) is 2.